The fourth-order valence-electron chi connectivity index (χ4n) is 3.16. The number of rotatable bonds is 4. The Morgan fingerprint density at radius 1 is 1.20 bits per heavy atom. The van der Waals surface area contributed by atoms with Crippen LogP contribution in [-0.2, 0) is 11.3 Å². The summed E-state index contributed by atoms with van der Waals surface area (Å²) < 4.78 is 11.8. The van der Waals surface area contributed by atoms with Crippen molar-refractivity contribution in [1.29, 1.82) is 0 Å². The van der Waals surface area contributed by atoms with Gasteiger partial charge in [-0.15, -0.1) is 0 Å². The number of hydrogen-bond donors (Lipinski definition) is 0. The largest absolute Gasteiger partial charge is 0.420 e. The highest BCUT2D eigenvalue weighted by molar-refractivity contribution is 5.80. The lowest BCUT2D eigenvalue weighted by Crippen LogP contribution is -2.50. The molecule has 2 fully saturated rings. The van der Waals surface area contributed by atoms with Crippen molar-refractivity contribution in [3.63, 3.8) is 0 Å². The van der Waals surface area contributed by atoms with Gasteiger partial charge in [-0.05, 0) is 25.0 Å². The highest BCUT2D eigenvalue weighted by Crippen LogP contribution is 2.39. The lowest BCUT2D eigenvalue weighted by molar-refractivity contribution is -0.136. The monoisotopic (exact) mass is 340 g/mol. The number of nitrogens with zero attached hydrogens (tertiary/aromatic N) is 4. The predicted molar refractivity (Wildman–Crippen MR) is 86.1 cm³/mol. The summed E-state index contributed by atoms with van der Waals surface area (Å²) in [6.07, 6.45) is 2.25. The molecular formula is C17H16N4O4. The minimum Gasteiger partial charge on any atom is -0.408 e. The van der Waals surface area contributed by atoms with Gasteiger partial charge in [0, 0.05) is 19.0 Å². The standard InChI is InChI=1S/C17H16N4O4/c22-14(9-21-12-3-1-2-4-13(12)24-17(21)23)20-7-11(8-20)16-18-15(19-25-16)10-5-6-10/h1-4,10-11H,5-9H2. The van der Waals surface area contributed by atoms with Gasteiger partial charge in [-0.25, -0.2) is 4.79 Å². The van der Waals surface area contributed by atoms with Crippen molar-refractivity contribution in [2.45, 2.75) is 31.2 Å². The van der Waals surface area contributed by atoms with E-state index in [-0.39, 0.29) is 18.4 Å². The minimum absolute atomic E-state index is 0.0281. The number of carbonyl (C=O) groups excluding carboxylic acids is 1. The number of oxazole rings is 1. The highest BCUT2D eigenvalue weighted by Gasteiger charge is 2.37. The van der Waals surface area contributed by atoms with Crippen molar-refractivity contribution >= 4 is 17.0 Å². The molecule has 2 aliphatic rings. The average Bonchev–Trinajstić information content (AvgIpc) is 3.22. The van der Waals surface area contributed by atoms with E-state index in [4.69, 9.17) is 8.94 Å². The van der Waals surface area contributed by atoms with E-state index < -0.39 is 5.76 Å². The summed E-state index contributed by atoms with van der Waals surface area (Å²) in [6.45, 7) is 1.05. The van der Waals surface area contributed by atoms with Crippen LogP contribution in [0.25, 0.3) is 11.1 Å². The van der Waals surface area contributed by atoms with Gasteiger partial charge in [0.25, 0.3) is 0 Å². The number of hydrogen-bond acceptors (Lipinski definition) is 6. The average molecular weight is 340 g/mol. The summed E-state index contributed by atoms with van der Waals surface area (Å²) in [4.78, 5) is 30.5. The zero-order chi connectivity index (χ0) is 17.0. The Hall–Kier alpha value is -2.90. The van der Waals surface area contributed by atoms with Crippen LogP contribution in [0.4, 0.5) is 0 Å². The molecule has 1 aliphatic heterocycles. The molecule has 8 heteroatoms. The van der Waals surface area contributed by atoms with E-state index in [0.29, 0.717) is 36.0 Å². The van der Waals surface area contributed by atoms with Crippen molar-refractivity contribution in [3.8, 4) is 0 Å². The molecule has 0 bridgehead atoms. The molecule has 1 aromatic carbocycles. The third-order valence-corrected chi connectivity index (χ3v) is 4.85. The summed E-state index contributed by atoms with van der Waals surface area (Å²) in [6, 6.07) is 7.08. The Kier molecular flexibility index (Phi) is 3.06. The van der Waals surface area contributed by atoms with Crippen LogP contribution >= 0.6 is 0 Å². The van der Waals surface area contributed by atoms with Gasteiger partial charge in [-0.1, -0.05) is 17.3 Å². The number of amides is 1. The van der Waals surface area contributed by atoms with Gasteiger partial charge >= 0.3 is 5.76 Å². The molecule has 0 spiro atoms. The van der Waals surface area contributed by atoms with Gasteiger partial charge < -0.3 is 13.8 Å². The van der Waals surface area contributed by atoms with Gasteiger partial charge in [0.05, 0.1) is 11.4 Å². The van der Waals surface area contributed by atoms with Crippen LogP contribution in [0.5, 0.6) is 0 Å². The molecule has 0 radical (unpaired) electrons. The first kappa shape index (κ1) is 14.4. The molecule has 1 saturated carbocycles. The van der Waals surface area contributed by atoms with E-state index in [0.717, 1.165) is 18.7 Å². The number of para-hydroxylation sites is 2. The van der Waals surface area contributed by atoms with Gasteiger partial charge in [0.15, 0.2) is 11.4 Å². The number of aromatic nitrogens is 3. The third-order valence-electron chi connectivity index (χ3n) is 4.85. The SMILES string of the molecule is O=C(Cn1c(=O)oc2ccccc21)N1CC(c2nc(C3CC3)no2)C1. The second-order valence-electron chi connectivity index (χ2n) is 6.68. The number of likely N-dealkylation sites (tertiary alicyclic amines) is 1. The molecule has 3 heterocycles. The molecule has 1 aliphatic carbocycles. The molecule has 5 rings (SSSR count). The van der Waals surface area contributed by atoms with Crippen molar-refractivity contribution in [3.05, 3.63) is 46.5 Å². The fraction of sp³-hybridized carbons (Fsp3) is 0.412. The first-order chi connectivity index (χ1) is 12.2. The molecule has 128 valence electrons. The Labute approximate surface area is 142 Å². The minimum atomic E-state index is -0.516. The lowest BCUT2D eigenvalue weighted by atomic mass is 10.00. The Balaban J connectivity index is 1.26. The van der Waals surface area contributed by atoms with Crippen LogP contribution in [0.15, 0.2) is 38.0 Å². The molecule has 2 aromatic heterocycles. The zero-order valence-corrected chi connectivity index (χ0v) is 13.4. The van der Waals surface area contributed by atoms with E-state index in [1.54, 1.807) is 23.1 Å². The van der Waals surface area contributed by atoms with Crippen molar-refractivity contribution in [1.82, 2.24) is 19.6 Å². The Morgan fingerprint density at radius 2 is 2.00 bits per heavy atom. The van der Waals surface area contributed by atoms with Crippen LogP contribution in [-0.4, -0.2) is 38.6 Å². The van der Waals surface area contributed by atoms with E-state index >= 15 is 0 Å². The van der Waals surface area contributed by atoms with E-state index in [1.807, 2.05) is 6.07 Å². The maximum atomic E-state index is 12.4. The predicted octanol–water partition coefficient (Wildman–Crippen LogP) is 1.48. The fourth-order valence-corrected chi connectivity index (χ4v) is 3.16. The van der Waals surface area contributed by atoms with Gasteiger partial charge in [-0.3, -0.25) is 9.36 Å². The quantitative estimate of drug-likeness (QED) is 0.714. The van der Waals surface area contributed by atoms with Gasteiger partial charge in [0.1, 0.15) is 6.54 Å². The topological polar surface area (TPSA) is 94.4 Å². The zero-order valence-electron chi connectivity index (χ0n) is 13.4. The molecule has 25 heavy (non-hydrogen) atoms. The van der Waals surface area contributed by atoms with Crippen molar-refractivity contribution in [2.75, 3.05) is 13.1 Å². The lowest BCUT2D eigenvalue weighted by Gasteiger charge is -2.37. The molecule has 0 N–H and O–H groups in total. The summed E-state index contributed by atoms with van der Waals surface area (Å²) >= 11 is 0. The first-order valence-corrected chi connectivity index (χ1v) is 8.38. The maximum Gasteiger partial charge on any atom is 0.420 e. The third kappa shape index (κ3) is 2.45. The molecule has 0 atom stereocenters. The van der Waals surface area contributed by atoms with Crippen LogP contribution < -0.4 is 5.76 Å². The van der Waals surface area contributed by atoms with E-state index in [9.17, 15) is 9.59 Å². The number of benzene rings is 1. The molecule has 0 unspecified atom stereocenters. The Morgan fingerprint density at radius 3 is 2.80 bits per heavy atom. The number of fused-ring (bicyclic) bond motifs is 1. The van der Waals surface area contributed by atoms with Crippen LogP contribution in [0.1, 0.15) is 36.4 Å². The summed E-state index contributed by atoms with van der Waals surface area (Å²) in [5.74, 6) is 1.30. The van der Waals surface area contributed by atoms with E-state index in [2.05, 4.69) is 10.1 Å². The first-order valence-electron chi connectivity index (χ1n) is 8.38. The number of carbonyl (C=O) groups is 1. The molecule has 8 nitrogen and oxygen atoms in total. The molecule has 1 amide bonds. The van der Waals surface area contributed by atoms with Crippen molar-refractivity contribution in [2.24, 2.45) is 0 Å². The second-order valence-corrected chi connectivity index (χ2v) is 6.68. The van der Waals surface area contributed by atoms with Gasteiger partial charge in [-0.2, -0.15) is 4.98 Å². The summed E-state index contributed by atoms with van der Waals surface area (Å²) in [7, 11) is 0. The van der Waals surface area contributed by atoms with Crippen LogP contribution in [0.2, 0.25) is 0 Å². The molecule has 1 saturated heterocycles. The maximum absolute atomic E-state index is 12.4. The summed E-state index contributed by atoms with van der Waals surface area (Å²) in [5, 5.41) is 4.01. The molecular weight excluding hydrogens is 324 g/mol. The van der Waals surface area contributed by atoms with Crippen molar-refractivity contribution < 1.29 is 13.7 Å². The molecule has 3 aromatic rings. The smallest absolute Gasteiger partial charge is 0.408 e. The second kappa shape index (κ2) is 5.30. The van der Waals surface area contributed by atoms with E-state index in [1.165, 1.54) is 4.57 Å². The summed E-state index contributed by atoms with van der Waals surface area (Å²) in [5.41, 5.74) is 1.11. The van der Waals surface area contributed by atoms with Crippen LogP contribution in [0, 0.1) is 0 Å². The Bertz CT molecular complexity index is 1010. The normalized spacial score (nSPS) is 17.8. The highest BCUT2D eigenvalue weighted by atomic mass is 16.5. The van der Waals surface area contributed by atoms with Crippen LogP contribution in [0.3, 0.4) is 0 Å². The van der Waals surface area contributed by atoms with Gasteiger partial charge in [0.2, 0.25) is 11.8 Å².